The van der Waals surface area contributed by atoms with Gasteiger partial charge < -0.3 is 15.2 Å². The molecule has 0 saturated carbocycles. The molecule has 80 valence electrons. The number of hydrogen-bond acceptors (Lipinski definition) is 4. The van der Waals surface area contributed by atoms with Crippen LogP contribution in [0.15, 0.2) is 36.4 Å². The molecule has 0 aromatic heterocycles. The maximum absolute atomic E-state index is 11.1. The summed E-state index contributed by atoms with van der Waals surface area (Å²) in [4.78, 5) is 21.1. The topological polar surface area (TPSA) is 93.0 Å². The summed E-state index contributed by atoms with van der Waals surface area (Å²) in [5.74, 6) is -2.01. The molecule has 1 N–H and O–H groups in total. The molecular formula is C11H7N2O3-. The van der Waals surface area contributed by atoms with Gasteiger partial charge in [0, 0.05) is 11.8 Å². The van der Waals surface area contributed by atoms with Crippen LogP contribution < -0.4 is 10.4 Å². The number of benzene rings is 1. The Kier molecular flexibility index (Phi) is 3.81. The molecule has 0 aliphatic rings. The third-order valence-electron chi connectivity index (χ3n) is 1.65. The number of carbonyl (C=O) groups is 2. The van der Waals surface area contributed by atoms with Gasteiger partial charge >= 0.3 is 0 Å². The van der Waals surface area contributed by atoms with Gasteiger partial charge in [0.25, 0.3) is 0 Å². The van der Waals surface area contributed by atoms with E-state index < -0.39 is 11.9 Å². The number of carboxylic acid groups (broad SMARTS) is 1. The minimum Gasteiger partial charge on any atom is -0.545 e. The van der Waals surface area contributed by atoms with Crippen molar-refractivity contribution in [3.05, 3.63) is 42.0 Å². The highest BCUT2D eigenvalue weighted by atomic mass is 16.4. The van der Waals surface area contributed by atoms with E-state index in [1.54, 1.807) is 12.1 Å². The Morgan fingerprint density at radius 2 is 1.88 bits per heavy atom. The Morgan fingerprint density at radius 1 is 1.25 bits per heavy atom. The van der Waals surface area contributed by atoms with E-state index in [-0.39, 0.29) is 0 Å². The molecular weight excluding hydrogens is 208 g/mol. The van der Waals surface area contributed by atoms with Crippen molar-refractivity contribution in [1.29, 1.82) is 5.26 Å². The van der Waals surface area contributed by atoms with Crippen molar-refractivity contribution in [3.63, 3.8) is 0 Å². The van der Waals surface area contributed by atoms with Gasteiger partial charge in [-0.05, 0) is 30.3 Å². The fraction of sp³-hybridized carbons (Fsp3) is 0. The fourth-order valence-electron chi connectivity index (χ4n) is 0.956. The van der Waals surface area contributed by atoms with Crippen molar-refractivity contribution in [2.45, 2.75) is 0 Å². The summed E-state index contributed by atoms with van der Waals surface area (Å²) in [6, 6.07) is 8.10. The molecule has 1 rings (SSSR count). The molecule has 5 nitrogen and oxygen atoms in total. The van der Waals surface area contributed by atoms with Crippen molar-refractivity contribution in [3.8, 4) is 6.07 Å². The Morgan fingerprint density at radius 3 is 2.38 bits per heavy atom. The molecule has 0 aliphatic carbocycles. The van der Waals surface area contributed by atoms with Crippen LogP contribution in [-0.2, 0) is 9.59 Å². The molecule has 0 unspecified atom stereocenters. The number of nitrogens with zero attached hydrogens (tertiary/aromatic N) is 1. The van der Waals surface area contributed by atoms with Gasteiger partial charge in [-0.25, -0.2) is 0 Å². The number of amides is 1. The molecule has 0 bridgehead atoms. The molecule has 1 aromatic carbocycles. The number of carbonyl (C=O) groups excluding carboxylic acids is 2. The molecule has 0 saturated heterocycles. The third kappa shape index (κ3) is 3.64. The molecule has 0 aliphatic heterocycles. The second kappa shape index (κ2) is 5.32. The average molecular weight is 215 g/mol. The zero-order valence-corrected chi connectivity index (χ0v) is 8.14. The summed E-state index contributed by atoms with van der Waals surface area (Å²) in [7, 11) is 0. The standard InChI is InChI=1S/C11H8N2O3/c12-7-8-1-3-9(4-2-8)13-10(14)5-6-11(15)16/h1-6H,(H,13,14)(H,15,16)/p-1/b6-5+. The zero-order valence-electron chi connectivity index (χ0n) is 8.14. The predicted molar refractivity (Wildman–Crippen MR) is 53.9 cm³/mol. The van der Waals surface area contributed by atoms with E-state index in [9.17, 15) is 14.7 Å². The molecule has 0 atom stereocenters. The molecule has 1 amide bonds. The van der Waals surface area contributed by atoms with Gasteiger partial charge in [-0.3, -0.25) is 4.79 Å². The lowest BCUT2D eigenvalue weighted by molar-refractivity contribution is -0.297. The lowest BCUT2D eigenvalue weighted by Crippen LogP contribution is -2.20. The average Bonchev–Trinajstić information content (AvgIpc) is 2.27. The Bertz CT molecular complexity index is 469. The number of aliphatic carboxylic acids is 1. The van der Waals surface area contributed by atoms with Gasteiger partial charge in [0.2, 0.25) is 5.91 Å². The lowest BCUT2D eigenvalue weighted by Gasteiger charge is -2.01. The van der Waals surface area contributed by atoms with Crippen LogP contribution in [0.25, 0.3) is 0 Å². The monoisotopic (exact) mass is 215 g/mol. The summed E-state index contributed by atoms with van der Waals surface area (Å²) < 4.78 is 0. The van der Waals surface area contributed by atoms with Gasteiger partial charge in [-0.2, -0.15) is 5.26 Å². The second-order valence-corrected chi connectivity index (χ2v) is 2.83. The van der Waals surface area contributed by atoms with Crippen LogP contribution in [0, 0.1) is 11.3 Å². The van der Waals surface area contributed by atoms with E-state index in [1.165, 1.54) is 12.1 Å². The first-order valence-electron chi connectivity index (χ1n) is 4.32. The van der Waals surface area contributed by atoms with E-state index in [0.717, 1.165) is 6.08 Å². The number of anilines is 1. The Hall–Kier alpha value is -2.61. The SMILES string of the molecule is N#Cc1ccc(NC(=O)/C=C/C(=O)[O-])cc1. The van der Waals surface area contributed by atoms with Crippen LogP contribution >= 0.6 is 0 Å². The van der Waals surface area contributed by atoms with Crippen LogP contribution in [0.3, 0.4) is 0 Å². The number of hydrogen-bond donors (Lipinski definition) is 1. The largest absolute Gasteiger partial charge is 0.545 e. The maximum atomic E-state index is 11.1. The van der Waals surface area contributed by atoms with E-state index in [2.05, 4.69) is 5.32 Å². The number of rotatable bonds is 3. The highest BCUT2D eigenvalue weighted by molar-refractivity contribution is 6.02. The van der Waals surface area contributed by atoms with E-state index in [1.807, 2.05) is 6.07 Å². The molecule has 0 fully saturated rings. The van der Waals surface area contributed by atoms with E-state index >= 15 is 0 Å². The molecule has 5 heteroatoms. The normalized spacial score (nSPS) is 9.69. The summed E-state index contributed by atoms with van der Waals surface area (Å²) in [5, 5.41) is 21.0. The van der Waals surface area contributed by atoms with Gasteiger partial charge in [0.1, 0.15) is 0 Å². The lowest BCUT2D eigenvalue weighted by atomic mass is 10.2. The first-order valence-corrected chi connectivity index (χ1v) is 4.32. The first kappa shape index (κ1) is 11.5. The van der Waals surface area contributed by atoms with Crippen molar-refractivity contribution in [2.75, 3.05) is 5.32 Å². The Labute approximate surface area is 91.6 Å². The van der Waals surface area contributed by atoms with Crippen molar-refractivity contribution in [1.82, 2.24) is 0 Å². The van der Waals surface area contributed by atoms with Crippen LogP contribution in [0.5, 0.6) is 0 Å². The highest BCUT2D eigenvalue weighted by Gasteiger charge is 1.97. The van der Waals surface area contributed by atoms with Crippen molar-refractivity contribution < 1.29 is 14.7 Å². The molecule has 1 aromatic rings. The molecule has 0 radical (unpaired) electrons. The fourth-order valence-corrected chi connectivity index (χ4v) is 0.956. The first-order chi connectivity index (χ1) is 7.61. The van der Waals surface area contributed by atoms with Crippen LogP contribution in [0.4, 0.5) is 5.69 Å². The van der Waals surface area contributed by atoms with E-state index in [4.69, 9.17) is 5.26 Å². The van der Waals surface area contributed by atoms with Gasteiger partial charge in [-0.1, -0.05) is 0 Å². The third-order valence-corrected chi connectivity index (χ3v) is 1.65. The minimum atomic E-state index is -1.44. The number of nitrogens with one attached hydrogen (secondary N) is 1. The Balaban J connectivity index is 2.64. The summed E-state index contributed by atoms with van der Waals surface area (Å²) in [6.07, 6.45) is 1.49. The van der Waals surface area contributed by atoms with E-state index in [0.29, 0.717) is 17.3 Å². The van der Waals surface area contributed by atoms with Crippen molar-refractivity contribution in [2.24, 2.45) is 0 Å². The summed E-state index contributed by atoms with van der Waals surface area (Å²) >= 11 is 0. The number of carboxylic acids is 1. The number of nitriles is 1. The molecule has 0 spiro atoms. The molecule has 16 heavy (non-hydrogen) atoms. The summed E-state index contributed by atoms with van der Waals surface area (Å²) in [5.41, 5.74) is 0.954. The smallest absolute Gasteiger partial charge is 0.248 e. The van der Waals surface area contributed by atoms with Crippen LogP contribution in [0.2, 0.25) is 0 Å². The quantitative estimate of drug-likeness (QED) is 0.707. The predicted octanol–water partition coefficient (Wildman–Crippen LogP) is -0.197. The van der Waals surface area contributed by atoms with Crippen LogP contribution in [0.1, 0.15) is 5.56 Å². The summed E-state index contributed by atoms with van der Waals surface area (Å²) in [6.45, 7) is 0. The zero-order chi connectivity index (χ0) is 12.0. The maximum Gasteiger partial charge on any atom is 0.248 e. The highest BCUT2D eigenvalue weighted by Crippen LogP contribution is 2.08. The van der Waals surface area contributed by atoms with Crippen LogP contribution in [-0.4, -0.2) is 11.9 Å². The van der Waals surface area contributed by atoms with Crippen molar-refractivity contribution >= 4 is 17.6 Å². The minimum absolute atomic E-state index is 0.475. The molecule has 0 heterocycles. The van der Waals surface area contributed by atoms with Gasteiger partial charge in [0.15, 0.2) is 0 Å². The van der Waals surface area contributed by atoms with Gasteiger partial charge in [0.05, 0.1) is 17.6 Å². The second-order valence-electron chi connectivity index (χ2n) is 2.83. The van der Waals surface area contributed by atoms with Gasteiger partial charge in [-0.15, -0.1) is 0 Å².